The SMILES string of the molecule is COc1cccc(CCC2=N/C(=C\c3ccccc3OC)C(=O)O2)c1. The van der Waals surface area contributed by atoms with Crippen LogP contribution >= 0.6 is 0 Å². The molecule has 0 unspecified atom stereocenters. The zero-order valence-corrected chi connectivity index (χ0v) is 14.2. The van der Waals surface area contributed by atoms with Crippen LogP contribution in [0.1, 0.15) is 17.5 Å². The van der Waals surface area contributed by atoms with Crippen LogP contribution in [-0.2, 0) is 16.0 Å². The third kappa shape index (κ3) is 4.07. The monoisotopic (exact) mass is 337 g/mol. The molecule has 0 bridgehead atoms. The lowest BCUT2D eigenvalue weighted by Crippen LogP contribution is -2.05. The Kier molecular flexibility index (Phi) is 5.14. The highest BCUT2D eigenvalue weighted by atomic mass is 16.6. The molecule has 2 aromatic rings. The molecule has 0 saturated carbocycles. The summed E-state index contributed by atoms with van der Waals surface area (Å²) in [4.78, 5) is 16.4. The molecule has 0 spiro atoms. The van der Waals surface area contributed by atoms with E-state index in [0.717, 1.165) is 16.9 Å². The van der Waals surface area contributed by atoms with E-state index in [-0.39, 0.29) is 5.70 Å². The highest BCUT2D eigenvalue weighted by molar-refractivity contribution is 6.07. The molecule has 5 heteroatoms. The molecule has 0 aliphatic carbocycles. The molecule has 0 N–H and O–H groups in total. The number of benzene rings is 2. The number of aliphatic imine (C=N–C) groups is 1. The number of ether oxygens (including phenoxy) is 3. The van der Waals surface area contributed by atoms with Crippen LogP contribution in [0.15, 0.2) is 59.2 Å². The van der Waals surface area contributed by atoms with E-state index in [4.69, 9.17) is 14.2 Å². The number of nitrogens with zero attached hydrogens (tertiary/aromatic N) is 1. The summed E-state index contributed by atoms with van der Waals surface area (Å²) in [6, 6.07) is 15.2. The van der Waals surface area contributed by atoms with Gasteiger partial charge in [-0.2, -0.15) is 0 Å². The first-order chi connectivity index (χ1) is 12.2. The minimum Gasteiger partial charge on any atom is -0.497 e. The summed E-state index contributed by atoms with van der Waals surface area (Å²) >= 11 is 0. The average molecular weight is 337 g/mol. The number of hydrogen-bond acceptors (Lipinski definition) is 5. The van der Waals surface area contributed by atoms with Crippen LogP contribution in [0, 0.1) is 0 Å². The van der Waals surface area contributed by atoms with E-state index in [9.17, 15) is 4.79 Å². The van der Waals surface area contributed by atoms with Crippen molar-refractivity contribution in [3.63, 3.8) is 0 Å². The highest BCUT2D eigenvalue weighted by Gasteiger charge is 2.23. The first-order valence-electron chi connectivity index (χ1n) is 7.97. The van der Waals surface area contributed by atoms with Gasteiger partial charge >= 0.3 is 5.97 Å². The van der Waals surface area contributed by atoms with Crippen molar-refractivity contribution in [1.82, 2.24) is 0 Å². The van der Waals surface area contributed by atoms with Crippen LogP contribution in [0.4, 0.5) is 0 Å². The summed E-state index contributed by atoms with van der Waals surface area (Å²) in [6.45, 7) is 0. The zero-order chi connectivity index (χ0) is 17.6. The molecule has 0 fully saturated rings. The van der Waals surface area contributed by atoms with Crippen molar-refractivity contribution >= 4 is 17.9 Å². The predicted molar refractivity (Wildman–Crippen MR) is 95.8 cm³/mol. The number of cyclic esters (lactones) is 1. The summed E-state index contributed by atoms with van der Waals surface area (Å²) in [6.07, 6.45) is 2.94. The Morgan fingerprint density at radius 2 is 1.88 bits per heavy atom. The van der Waals surface area contributed by atoms with Crippen LogP contribution in [0.3, 0.4) is 0 Å². The van der Waals surface area contributed by atoms with Gasteiger partial charge in [0, 0.05) is 12.0 Å². The normalized spacial score (nSPS) is 15.0. The molecule has 0 saturated heterocycles. The highest BCUT2D eigenvalue weighted by Crippen LogP contribution is 2.24. The molecular formula is C20H19NO4. The Bertz CT molecular complexity index is 839. The summed E-state index contributed by atoms with van der Waals surface area (Å²) in [5.41, 5.74) is 2.17. The maximum absolute atomic E-state index is 12.0. The van der Waals surface area contributed by atoms with E-state index >= 15 is 0 Å². The van der Waals surface area contributed by atoms with Crippen molar-refractivity contribution in [2.45, 2.75) is 12.8 Å². The number of carbonyl (C=O) groups is 1. The van der Waals surface area contributed by atoms with Gasteiger partial charge in [0.05, 0.1) is 14.2 Å². The first-order valence-corrected chi connectivity index (χ1v) is 7.97. The molecule has 1 aliphatic heterocycles. The van der Waals surface area contributed by atoms with E-state index in [0.29, 0.717) is 24.5 Å². The fourth-order valence-electron chi connectivity index (χ4n) is 2.57. The first kappa shape index (κ1) is 16.8. The number of para-hydroxylation sites is 1. The van der Waals surface area contributed by atoms with Gasteiger partial charge in [-0.15, -0.1) is 0 Å². The smallest absolute Gasteiger partial charge is 0.363 e. The van der Waals surface area contributed by atoms with Gasteiger partial charge in [-0.1, -0.05) is 30.3 Å². The van der Waals surface area contributed by atoms with Crippen LogP contribution in [-0.4, -0.2) is 26.1 Å². The fourth-order valence-corrected chi connectivity index (χ4v) is 2.57. The molecular weight excluding hydrogens is 318 g/mol. The summed E-state index contributed by atoms with van der Waals surface area (Å²) < 4.78 is 15.8. The van der Waals surface area contributed by atoms with Gasteiger partial charge in [0.1, 0.15) is 11.5 Å². The van der Waals surface area contributed by atoms with Crippen LogP contribution in [0.25, 0.3) is 6.08 Å². The topological polar surface area (TPSA) is 57.1 Å². The Morgan fingerprint density at radius 3 is 2.68 bits per heavy atom. The van der Waals surface area contributed by atoms with Crippen LogP contribution in [0.2, 0.25) is 0 Å². The quantitative estimate of drug-likeness (QED) is 0.596. The van der Waals surface area contributed by atoms with Crippen molar-refractivity contribution in [3.8, 4) is 11.5 Å². The largest absolute Gasteiger partial charge is 0.497 e. The van der Waals surface area contributed by atoms with Crippen molar-refractivity contribution in [2.75, 3.05) is 14.2 Å². The van der Waals surface area contributed by atoms with Crippen LogP contribution < -0.4 is 9.47 Å². The van der Waals surface area contributed by atoms with E-state index in [1.807, 2.05) is 48.5 Å². The minimum atomic E-state index is -0.438. The maximum atomic E-state index is 12.0. The summed E-state index contributed by atoms with van der Waals surface area (Å²) in [5.74, 6) is 1.47. The lowest BCUT2D eigenvalue weighted by atomic mass is 10.1. The van der Waals surface area contributed by atoms with Gasteiger partial charge < -0.3 is 14.2 Å². The van der Waals surface area contributed by atoms with Gasteiger partial charge in [0.25, 0.3) is 0 Å². The molecule has 128 valence electrons. The zero-order valence-electron chi connectivity index (χ0n) is 14.2. The fraction of sp³-hybridized carbons (Fsp3) is 0.200. The lowest BCUT2D eigenvalue weighted by Gasteiger charge is -2.03. The maximum Gasteiger partial charge on any atom is 0.363 e. The average Bonchev–Trinajstić information content (AvgIpc) is 3.00. The predicted octanol–water partition coefficient (Wildman–Crippen LogP) is 3.63. The number of aryl methyl sites for hydroxylation is 1. The molecule has 3 rings (SSSR count). The van der Waals surface area contributed by atoms with Gasteiger partial charge in [-0.05, 0) is 36.3 Å². The van der Waals surface area contributed by atoms with Gasteiger partial charge in [-0.25, -0.2) is 9.79 Å². The van der Waals surface area contributed by atoms with Crippen molar-refractivity contribution in [2.24, 2.45) is 4.99 Å². The minimum absolute atomic E-state index is 0.283. The number of hydrogen-bond donors (Lipinski definition) is 0. The Labute approximate surface area is 146 Å². The second-order valence-electron chi connectivity index (χ2n) is 5.52. The second-order valence-corrected chi connectivity index (χ2v) is 5.52. The molecule has 5 nitrogen and oxygen atoms in total. The Morgan fingerprint density at radius 1 is 1.04 bits per heavy atom. The second kappa shape index (κ2) is 7.66. The Hall–Kier alpha value is -3.08. The summed E-state index contributed by atoms with van der Waals surface area (Å²) in [5, 5.41) is 0. The molecule has 1 aliphatic rings. The van der Waals surface area contributed by atoms with E-state index in [1.54, 1.807) is 20.3 Å². The Balaban J connectivity index is 1.72. The van der Waals surface area contributed by atoms with E-state index in [1.165, 1.54) is 0 Å². The van der Waals surface area contributed by atoms with Gasteiger partial charge in [-0.3, -0.25) is 0 Å². The molecule has 0 radical (unpaired) electrons. The molecule has 0 atom stereocenters. The molecule has 0 amide bonds. The third-order valence-corrected chi connectivity index (χ3v) is 3.86. The number of methoxy groups -OCH3 is 2. The number of carbonyl (C=O) groups excluding carboxylic acids is 1. The number of esters is 1. The molecule has 0 aromatic heterocycles. The van der Waals surface area contributed by atoms with Gasteiger partial charge in [0.15, 0.2) is 11.6 Å². The van der Waals surface area contributed by atoms with E-state index in [2.05, 4.69) is 4.99 Å². The molecule has 25 heavy (non-hydrogen) atoms. The van der Waals surface area contributed by atoms with Crippen LogP contribution in [0.5, 0.6) is 11.5 Å². The van der Waals surface area contributed by atoms with E-state index < -0.39 is 5.97 Å². The number of rotatable bonds is 6. The lowest BCUT2D eigenvalue weighted by molar-refractivity contribution is -0.130. The molecule has 1 heterocycles. The van der Waals surface area contributed by atoms with Crippen molar-refractivity contribution in [1.29, 1.82) is 0 Å². The van der Waals surface area contributed by atoms with Gasteiger partial charge in [0.2, 0.25) is 0 Å². The third-order valence-electron chi connectivity index (χ3n) is 3.86. The summed E-state index contributed by atoms with van der Waals surface area (Å²) in [7, 11) is 3.23. The standard InChI is InChI=1S/C20H19NO4/c1-23-16-8-5-6-14(12-16)10-11-19-21-17(20(22)25-19)13-15-7-3-4-9-18(15)24-2/h3-9,12-13H,10-11H2,1-2H3/b17-13-. The van der Waals surface area contributed by atoms with Crippen molar-refractivity contribution < 1.29 is 19.0 Å². The van der Waals surface area contributed by atoms with Crippen molar-refractivity contribution in [3.05, 3.63) is 65.4 Å². The molecule has 2 aromatic carbocycles.